The van der Waals surface area contributed by atoms with Crippen LogP contribution < -0.4 is 25.0 Å². The average molecular weight is 566 g/mol. The number of thiophene rings is 1. The van der Waals surface area contributed by atoms with Crippen LogP contribution in [0.25, 0.3) is 0 Å². The first-order valence-electron chi connectivity index (χ1n) is 12.3. The van der Waals surface area contributed by atoms with E-state index in [9.17, 15) is 19.2 Å². The minimum Gasteiger partial charge on any atom is -0.497 e. The number of carbonyl (C=O) groups is 4. The Morgan fingerprint density at radius 3 is 2.45 bits per heavy atom. The van der Waals surface area contributed by atoms with Crippen molar-refractivity contribution >= 4 is 46.3 Å². The Bertz CT molecular complexity index is 1480. The molecule has 1 aliphatic carbocycles. The second-order valence-corrected chi connectivity index (χ2v) is 9.70. The van der Waals surface area contributed by atoms with Crippen molar-refractivity contribution in [1.29, 1.82) is 0 Å². The molecule has 0 atom stereocenters. The van der Waals surface area contributed by atoms with Crippen LogP contribution in [-0.2, 0) is 27.2 Å². The number of carbonyl (C=O) groups excluding carboxylic acids is 4. The van der Waals surface area contributed by atoms with Crippen molar-refractivity contribution in [2.45, 2.75) is 25.7 Å². The maximum atomic E-state index is 12.5. The van der Waals surface area contributed by atoms with Crippen LogP contribution in [-0.4, -0.2) is 51.3 Å². The van der Waals surface area contributed by atoms with Gasteiger partial charge in [-0.05, 0) is 73.2 Å². The van der Waals surface area contributed by atoms with E-state index in [1.807, 2.05) is 0 Å². The van der Waals surface area contributed by atoms with Gasteiger partial charge in [0.2, 0.25) is 0 Å². The number of esters is 2. The fraction of sp³-hybridized carbons (Fsp3) is 0.250. The number of hydrogen-bond donors (Lipinski definition) is 2. The summed E-state index contributed by atoms with van der Waals surface area (Å²) in [4.78, 5) is 50.8. The maximum Gasteiger partial charge on any atom is 0.343 e. The summed E-state index contributed by atoms with van der Waals surface area (Å²) in [5.41, 5.74) is 4.12. The lowest BCUT2D eigenvalue weighted by molar-refractivity contribution is -0.136. The Balaban J connectivity index is 1.39. The van der Waals surface area contributed by atoms with Crippen LogP contribution in [0, 0.1) is 0 Å². The molecule has 0 aliphatic heterocycles. The molecular weight excluding hydrogens is 538 g/mol. The number of hydrogen-bond acceptors (Lipinski definition) is 10. The van der Waals surface area contributed by atoms with Gasteiger partial charge < -0.3 is 24.3 Å². The highest BCUT2D eigenvalue weighted by Gasteiger charge is 2.28. The van der Waals surface area contributed by atoms with Crippen molar-refractivity contribution in [3.8, 4) is 17.2 Å². The van der Waals surface area contributed by atoms with Crippen LogP contribution in [0.3, 0.4) is 0 Å². The van der Waals surface area contributed by atoms with E-state index in [2.05, 4.69) is 15.8 Å². The highest BCUT2D eigenvalue weighted by atomic mass is 32.1. The predicted octanol–water partition coefficient (Wildman–Crippen LogP) is 3.74. The molecule has 2 aromatic carbocycles. The molecule has 1 aliphatic rings. The van der Waals surface area contributed by atoms with Crippen LogP contribution in [0.2, 0.25) is 0 Å². The number of nitrogens with zero attached hydrogens (tertiary/aromatic N) is 1. The third-order valence-electron chi connectivity index (χ3n) is 6.07. The predicted molar refractivity (Wildman–Crippen MR) is 148 cm³/mol. The van der Waals surface area contributed by atoms with E-state index in [1.54, 1.807) is 36.4 Å². The molecule has 0 saturated carbocycles. The molecule has 40 heavy (non-hydrogen) atoms. The van der Waals surface area contributed by atoms with Gasteiger partial charge in [-0.15, -0.1) is 11.3 Å². The zero-order valence-electron chi connectivity index (χ0n) is 22.1. The van der Waals surface area contributed by atoms with E-state index >= 15 is 0 Å². The molecule has 2 N–H and O–H groups in total. The first-order valence-corrected chi connectivity index (χ1v) is 13.1. The number of anilines is 1. The van der Waals surface area contributed by atoms with Gasteiger partial charge in [0.05, 0.1) is 38.7 Å². The molecule has 1 aromatic heterocycles. The monoisotopic (exact) mass is 565 g/mol. The number of amides is 2. The van der Waals surface area contributed by atoms with Crippen molar-refractivity contribution in [2.75, 3.05) is 26.6 Å². The second-order valence-electron chi connectivity index (χ2n) is 8.59. The Morgan fingerprint density at radius 2 is 1.70 bits per heavy atom. The van der Waals surface area contributed by atoms with Crippen molar-refractivity contribution in [3.05, 3.63) is 69.6 Å². The van der Waals surface area contributed by atoms with Gasteiger partial charge in [-0.1, -0.05) is 6.07 Å². The lowest BCUT2D eigenvalue weighted by Crippen LogP contribution is -2.32. The minimum absolute atomic E-state index is 0.177. The van der Waals surface area contributed by atoms with E-state index in [4.69, 9.17) is 18.9 Å². The van der Waals surface area contributed by atoms with E-state index in [0.717, 1.165) is 29.7 Å². The Morgan fingerprint density at radius 1 is 0.900 bits per heavy atom. The van der Waals surface area contributed by atoms with Gasteiger partial charge in [0, 0.05) is 4.88 Å². The van der Waals surface area contributed by atoms with Crippen LogP contribution in [0.5, 0.6) is 17.2 Å². The summed E-state index contributed by atoms with van der Waals surface area (Å²) in [5, 5.41) is 6.62. The number of rotatable bonds is 8. The van der Waals surface area contributed by atoms with Gasteiger partial charge in [-0.25, -0.2) is 15.0 Å². The molecule has 4 rings (SSSR count). The number of ether oxygens (including phenoxy) is 4. The van der Waals surface area contributed by atoms with Crippen molar-refractivity contribution in [3.63, 3.8) is 0 Å². The molecule has 0 radical (unpaired) electrons. The lowest BCUT2D eigenvalue weighted by Gasteiger charge is -2.11. The van der Waals surface area contributed by atoms with Gasteiger partial charge in [0.15, 0.2) is 11.5 Å². The number of aryl methyl sites for hydroxylation is 1. The largest absolute Gasteiger partial charge is 0.497 e. The topological polar surface area (TPSA) is 142 Å². The van der Waals surface area contributed by atoms with Crippen LogP contribution >= 0.6 is 11.3 Å². The highest BCUT2D eigenvalue weighted by molar-refractivity contribution is 7.17. The second kappa shape index (κ2) is 12.9. The average Bonchev–Trinajstić information content (AvgIpc) is 3.34. The Kier molecular flexibility index (Phi) is 9.12. The molecule has 2 amide bonds. The number of hydrazone groups is 1. The summed E-state index contributed by atoms with van der Waals surface area (Å²) >= 11 is 1.27. The van der Waals surface area contributed by atoms with Gasteiger partial charge >= 0.3 is 23.8 Å². The summed E-state index contributed by atoms with van der Waals surface area (Å²) in [7, 11) is 4.18. The van der Waals surface area contributed by atoms with Crippen molar-refractivity contribution < 1.29 is 38.1 Å². The van der Waals surface area contributed by atoms with E-state index in [1.165, 1.54) is 44.9 Å². The first-order chi connectivity index (χ1) is 19.3. The molecule has 11 nitrogen and oxygen atoms in total. The summed E-state index contributed by atoms with van der Waals surface area (Å²) in [5.74, 6) is -2.20. The normalized spacial score (nSPS) is 12.3. The van der Waals surface area contributed by atoms with Crippen LogP contribution in [0.4, 0.5) is 5.00 Å². The quantitative estimate of drug-likeness (QED) is 0.138. The van der Waals surface area contributed by atoms with Gasteiger partial charge in [-0.2, -0.15) is 5.10 Å². The summed E-state index contributed by atoms with van der Waals surface area (Å²) < 4.78 is 20.8. The molecule has 12 heteroatoms. The SMILES string of the molecule is COC(=O)c1c(NC(=O)C(=O)N/N=C/c2ccc(OC(=O)c3cccc(OC)c3)c(OC)c2)sc2c1CCCC2. The molecule has 3 aromatic rings. The summed E-state index contributed by atoms with van der Waals surface area (Å²) in [6, 6.07) is 11.2. The van der Waals surface area contributed by atoms with Gasteiger partial charge in [-0.3, -0.25) is 9.59 Å². The Labute approximate surface area is 234 Å². The minimum atomic E-state index is -1.02. The van der Waals surface area contributed by atoms with E-state index < -0.39 is 23.8 Å². The molecule has 1 heterocycles. The number of nitrogens with one attached hydrogen (secondary N) is 2. The summed E-state index contributed by atoms with van der Waals surface area (Å²) in [6.07, 6.45) is 4.74. The molecular formula is C28H27N3O8S. The molecule has 0 unspecified atom stereocenters. The van der Waals surface area contributed by atoms with Crippen molar-refractivity contribution in [2.24, 2.45) is 5.10 Å². The zero-order valence-corrected chi connectivity index (χ0v) is 22.9. The molecule has 0 spiro atoms. The van der Waals surface area contributed by atoms with Crippen LogP contribution in [0.1, 0.15) is 49.6 Å². The van der Waals surface area contributed by atoms with Gasteiger partial charge in [0.1, 0.15) is 10.8 Å². The molecule has 0 saturated heterocycles. The maximum absolute atomic E-state index is 12.5. The number of methoxy groups -OCH3 is 3. The fourth-order valence-electron chi connectivity index (χ4n) is 4.11. The Hall–Kier alpha value is -4.71. The lowest BCUT2D eigenvalue weighted by atomic mass is 9.95. The van der Waals surface area contributed by atoms with E-state index in [0.29, 0.717) is 28.9 Å². The van der Waals surface area contributed by atoms with Gasteiger partial charge in [0.25, 0.3) is 0 Å². The standard InChI is InChI=1S/C28H27N3O8S/c1-36-18-8-6-7-17(14-18)27(34)39-20-12-11-16(13-21(20)37-2)15-29-31-25(33)24(32)30-26-23(28(35)38-3)19-9-4-5-10-22(19)40-26/h6-8,11-15H,4-5,9-10H2,1-3H3,(H,30,32)(H,31,33)/b29-15+. The third kappa shape index (κ3) is 6.46. The van der Waals surface area contributed by atoms with E-state index in [-0.39, 0.29) is 16.5 Å². The highest BCUT2D eigenvalue weighted by Crippen LogP contribution is 2.38. The fourth-order valence-corrected chi connectivity index (χ4v) is 5.38. The summed E-state index contributed by atoms with van der Waals surface area (Å²) in [6.45, 7) is 0. The smallest absolute Gasteiger partial charge is 0.343 e. The molecule has 0 bridgehead atoms. The first kappa shape index (κ1) is 28.3. The van der Waals surface area contributed by atoms with Crippen LogP contribution in [0.15, 0.2) is 47.6 Å². The zero-order chi connectivity index (χ0) is 28.6. The number of benzene rings is 2. The molecule has 208 valence electrons. The number of fused-ring (bicyclic) bond motifs is 1. The van der Waals surface area contributed by atoms with Crippen molar-refractivity contribution in [1.82, 2.24) is 5.43 Å². The molecule has 0 fully saturated rings. The third-order valence-corrected chi connectivity index (χ3v) is 7.28.